The van der Waals surface area contributed by atoms with Crippen LogP contribution in [0.25, 0.3) is 0 Å². The lowest BCUT2D eigenvalue weighted by molar-refractivity contribution is -0.130. The van der Waals surface area contributed by atoms with Crippen molar-refractivity contribution in [3.05, 3.63) is 41.6 Å². The van der Waals surface area contributed by atoms with Gasteiger partial charge in [-0.25, -0.2) is 9.48 Å². The number of carbonyl (C=O) groups excluding carboxylic acids is 2. The summed E-state index contributed by atoms with van der Waals surface area (Å²) in [5.74, 6) is 0.390. The van der Waals surface area contributed by atoms with Crippen LogP contribution in [0, 0.1) is 12.8 Å². The van der Waals surface area contributed by atoms with Crippen molar-refractivity contribution >= 4 is 23.4 Å². The number of anilines is 2. The van der Waals surface area contributed by atoms with Gasteiger partial charge in [-0.1, -0.05) is 39.8 Å². The second-order valence-corrected chi connectivity index (χ2v) is 8.94. The summed E-state index contributed by atoms with van der Waals surface area (Å²) in [5.41, 5.74) is 2.36. The molecule has 162 valence electrons. The molecule has 0 saturated carbocycles. The molecule has 1 aliphatic heterocycles. The van der Waals surface area contributed by atoms with Crippen LogP contribution in [-0.2, 0) is 10.2 Å². The molecule has 1 aliphatic rings. The number of hydrogen-bond donors (Lipinski definition) is 4. The molecule has 3 unspecified atom stereocenters. The van der Waals surface area contributed by atoms with Crippen molar-refractivity contribution in [3.8, 4) is 0 Å². The highest BCUT2D eigenvalue weighted by Gasteiger charge is 2.35. The lowest BCUT2D eigenvalue weighted by Crippen LogP contribution is -2.57. The molecule has 4 N–H and O–H groups in total. The van der Waals surface area contributed by atoms with E-state index in [1.165, 1.54) is 0 Å². The van der Waals surface area contributed by atoms with Gasteiger partial charge < -0.3 is 10.6 Å². The van der Waals surface area contributed by atoms with Crippen LogP contribution < -0.4 is 21.3 Å². The number of nitrogens with one attached hydrogen (secondary N) is 4. The minimum Gasteiger partial charge on any atom is -0.322 e. The average Bonchev–Trinajstić information content (AvgIpc) is 3.05. The molecule has 3 atom stereocenters. The van der Waals surface area contributed by atoms with Crippen molar-refractivity contribution in [1.29, 1.82) is 0 Å². The summed E-state index contributed by atoms with van der Waals surface area (Å²) in [6.45, 7) is 12.1. The molecule has 30 heavy (non-hydrogen) atoms. The summed E-state index contributed by atoms with van der Waals surface area (Å²) in [5, 5.41) is 16.8. The standard InChI is InChI=1S/C22H32N6O2/c1-7-16-14(3)23-20(26-19(16)29)28-18(12-17(27-28)22(4,5)6)25-21(30)24-15-10-8-9-13(2)11-15/h8-12,14,16,20,23H,7H2,1-6H3,(H,26,29)(H2,24,25,30). The van der Waals surface area contributed by atoms with Crippen molar-refractivity contribution in [1.82, 2.24) is 20.4 Å². The van der Waals surface area contributed by atoms with E-state index < -0.39 is 6.29 Å². The molecular formula is C22H32N6O2. The van der Waals surface area contributed by atoms with Gasteiger partial charge in [0, 0.05) is 23.2 Å². The fourth-order valence-electron chi connectivity index (χ4n) is 3.60. The first kappa shape index (κ1) is 21.8. The van der Waals surface area contributed by atoms with E-state index in [0.717, 1.165) is 17.7 Å². The van der Waals surface area contributed by atoms with Crippen molar-refractivity contribution in [2.45, 2.75) is 65.7 Å². The Labute approximate surface area is 177 Å². The number of rotatable bonds is 4. The molecule has 0 aliphatic carbocycles. The molecule has 2 heterocycles. The van der Waals surface area contributed by atoms with E-state index in [-0.39, 0.29) is 29.3 Å². The predicted octanol–water partition coefficient (Wildman–Crippen LogP) is 3.72. The fourth-order valence-corrected chi connectivity index (χ4v) is 3.60. The summed E-state index contributed by atoms with van der Waals surface area (Å²) >= 11 is 0. The van der Waals surface area contributed by atoms with Gasteiger partial charge in [-0.3, -0.25) is 15.4 Å². The van der Waals surface area contributed by atoms with Crippen LogP contribution in [0.5, 0.6) is 0 Å². The number of carbonyl (C=O) groups is 2. The summed E-state index contributed by atoms with van der Waals surface area (Å²) < 4.78 is 1.64. The zero-order valence-corrected chi connectivity index (χ0v) is 18.5. The molecule has 0 bridgehead atoms. The molecule has 3 rings (SSSR count). The Morgan fingerprint density at radius 1 is 1.23 bits per heavy atom. The second kappa shape index (κ2) is 8.47. The third kappa shape index (κ3) is 4.81. The number of nitrogens with zero attached hydrogens (tertiary/aromatic N) is 2. The first-order valence-corrected chi connectivity index (χ1v) is 10.4. The van der Waals surface area contributed by atoms with Gasteiger partial charge in [-0.05, 0) is 38.0 Å². The van der Waals surface area contributed by atoms with E-state index in [9.17, 15) is 9.59 Å². The third-order valence-electron chi connectivity index (χ3n) is 5.35. The van der Waals surface area contributed by atoms with E-state index in [1.807, 2.05) is 51.1 Å². The molecule has 0 spiro atoms. The van der Waals surface area contributed by atoms with Gasteiger partial charge in [-0.2, -0.15) is 5.10 Å². The Hall–Kier alpha value is -2.87. The summed E-state index contributed by atoms with van der Waals surface area (Å²) in [6.07, 6.45) is 0.212. The maximum atomic E-state index is 12.6. The van der Waals surface area contributed by atoms with E-state index in [4.69, 9.17) is 5.10 Å². The fraction of sp³-hybridized carbons (Fsp3) is 0.500. The first-order chi connectivity index (χ1) is 14.1. The maximum Gasteiger partial charge on any atom is 0.324 e. The largest absolute Gasteiger partial charge is 0.324 e. The normalized spacial score (nSPS) is 21.8. The van der Waals surface area contributed by atoms with Crippen molar-refractivity contribution in [2.75, 3.05) is 10.6 Å². The second-order valence-electron chi connectivity index (χ2n) is 8.94. The van der Waals surface area contributed by atoms with Crippen molar-refractivity contribution < 1.29 is 9.59 Å². The average molecular weight is 413 g/mol. The zero-order chi connectivity index (χ0) is 22.1. The van der Waals surface area contributed by atoms with Gasteiger partial charge in [0.2, 0.25) is 5.91 Å². The first-order valence-electron chi connectivity index (χ1n) is 10.4. The number of urea groups is 1. The summed E-state index contributed by atoms with van der Waals surface area (Å²) in [7, 11) is 0. The Morgan fingerprint density at radius 2 is 1.97 bits per heavy atom. The summed E-state index contributed by atoms with van der Waals surface area (Å²) in [4.78, 5) is 25.2. The Bertz CT molecular complexity index is 930. The van der Waals surface area contributed by atoms with E-state index in [2.05, 4.69) is 42.0 Å². The van der Waals surface area contributed by atoms with E-state index in [0.29, 0.717) is 11.5 Å². The highest BCUT2D eigenvalue weighted by molar-refractivity contribution is 5.99. The van der Waals surface area contributed by atoms with Gasteiger partial charge in [0.25, 0.3) is 0 Å². The molecule has 3 amide bonds. The molecule has 1 aromatic heterocycles. The minimum atomic E-state index is -0.541. The van der Waals surface area contributed by atoms with Gasteiger partial charge >= 0.3 is 6.03 Å². The van der Waals surface area contributed by atoms with Crippen LogP contribution in [-0.4, -0.2) is 27.8 Å². The quantitative estimate of drug-likeness (QED) is 0.615. The van der Waals surface area contributed by atoms with E-state index in [1.54, 1.807) is 4.68 Å². The number of aromatic nitrogens is 2. The van der Waals surface area contributed by atoms with Crippen LogP contribution in [0.3, 0.4) is 0 Å². The minimum absolute atomic E-state index is 0.00925. The molecule has 0 radical (unpaired) electrons. The predicted molar refractivity (Wildman–Crippen MR) is 118 cm³/mol. The molecule has 1 fully saturated rings. The molecule has 2 aromatic rings. The maximum absolute atomic E-state index is 12.6. The molecule has 1 aromatic carbocycles. The zero-order valence-electron chi connectivity index (χ0n) is 18.5. The third-order valence-corrected chi connectivity index (χ3v) is 5.35. The monoisotopic (exact) mass is 412 g/mol. The van der Waals surface area contributed by atoms with Gasteiger partial charge in [-0.15, -0.1) is 0 Å². The topological polar surface area (TPSA) is 100 Å². The van der Waals surface area contributed by atoms with Crippen LogP contribution in [0.2, 0.25) is 0 Å². The molecular weight excluding hydrogens is 380 g/mol. The van der Waals surface area contributed by atoms with Crippen LogP contribution in [0.4, 0.5) is 16.3 Å². The molecule has 1 saturated heterocycles. The smallest absolute Gasteiger partial charge is 0.322 e. The number of amides is 3. The highest BCUT2D eigenvalue weighted by atomic mass is 16.2. The Kier molecular flexibility index (Phi) is 6.17. The van der Waals surface area contributed by atoms with Gasteiger partial charge in [0.1, 0.15) is 5.82 Å². The van der Waals surface area contributed by atoms with Crippen LogP contribution in [0.1, 0.15) is 58.6 Å². The number of aryl methyl sites for hydroxylation is 1. The Balaban J connectivity index is 1.85. The highest BCUT2D eigenvalue weighted by Crippen LogP contribution is 2.27. The number of benzene rings is 1. The molecule has 8 nitrogen and oxygen atoms in total. The SMILES string of the molecule is CCC1C(=O)NC(n2nc(C(C)(C)C)cc2NC(=O)Nc2cccc(C)c2)NC1C. The summed E-state index contributed by atoms with van der Waals surface area (Å²) in [6, 6.07) is 9.05. The van der Waals surface area contributed by atoms with Gasteiger partial charge in [0.05, 0.1) is 11.6 Å². The van der Waals surface area contributed by atoms with Crippen LogP contribution in [0.15, 0.2) is 30.3 Å². The van der Waals surface area contributed by atoms with Gasteiger partial charge in [0.15, 0.2) is 6.29 Å². The lowest BCUT2D eigenvalue weighted by atomic mass is 9.92. The Morgan fingerprint density at radius 3 is 2.57 bits per heavy atom. The molecule has 8 heteroatoms. The number of hydrogen-bond acceptors (Lipinski definition) is 4. The van der Waals surface area contributed by atoms with E-state index >= 15 is 0 Å². The van der Waals surface area contributed by atoms with Crippen molar-refractivity contribution in [2.24, 2.45) is 5.92 Å². The van der Waals surface area contributed by atoms with Crippen LogP contribution >= 0.6 is 0 Å². The van der Waals surface area contributed by atoms with Crippen molar-refractivity contribution in [3.63, 3.8) is 0 Å². The lowest BCUT2D eigenvalue weighted by Gasteiger charge is -2.35.